The Bertz CT molecular complexity index is 1280. The number of halogens is 1. The lowest BCUT2D eigenvalue weighted by atomic mass is 10.1. The highest BCUT2D eigenvalue weighted by molar-refractivity contribution is 7.13. The van der Waals surface area contributed by atoms with E-state index in [-0.39, 0.29) is 17.6 Å². The van der Waals surface area contributed by atoms with Gasteiger partial charge < -0.3 is 10.2 Å². The molecule has 3 aromatic heterocycles. The van der Waals surface area contributed by atoms with Gasteiger partial charge in [-0.25, -0.2) is 14.1 Å². The van der Waals surface area contributed by atoms with Gasteiger partial charge in [0.05, 0.1) is 33.4 Å². The number of nitrogens with zero attached hydrogens (tertiary/aromatic N) is 4. The van der Waals surface area contributed by atoms with E-state index < -0.39 is 5.82 Å². The quantitative estimate of drug-likeness (QED) is 0.422. The van der Waals surface area contributed by atoms with Crippen LogP contribution in [-0.2, 0) is 0 Å². The molecule has 4 aromatic rings. The molecule has 0 bridgehead atoms. The summed E-state index contributed by atoms with van der Waals surface area (Å²) in [7, 11) is 0. The van der Waals surface area contributed by atoms with Gasteiger partial charge in [-0.3, -0.25) is 4.79 Å². The van der Waals surface area contributed by atoms with Gasteiger partial charge in [0.25, 0.3) is 5.91 Å². The molecule has 1 amide bonds. The first-order chi connectivity index (χ1) is 15.5. The molecule has 0 aliphatic carbocycles. The fourth-order valence-corrected chi connectivity index (χ4v) is 4.86. The second-order valence-corrected chi connectivity index (χ2v) is 9.18. The number of pyridine rings is 1. The van der Waals surface area contributed by atoms with Crippen molar-refractivity contribution in [3.8, 4) is 10.6 Å². The van der Waals surface area contributed by atoms with Crippen LogP contribution >= 0.6 is 11.3 Å². The lowest BCUT2D eigenvalue weighted by molar-refractivity contribution is 0.102. The topological polar surface area (TPSA) is 63.1 Å². The van der Waals surface area contributed by atoms with Gasteiger partial charge in [0.1, 0.15) is 11.5 Å². The molecule has 32 heavy (non-hydrogen) atoms. The van der Waals surface area contributed by atoms with Crippen molar-refractivity contribution in [2.24, 2.45) is 0 Å². The molecule has 1 N–H and O–H groups in total. The molecule has 5 rings (SSSR count). The molecular weight excluding hydrogens is 425 g/mol. The summed E-state index contributed by atoms with van der Waals surface area (Å²) in [5.74, 6) is -0.812. The first kappa shape index (κ1) is 20.6. The number of hydrogen-bond acceptors (Lipinski definition) is 5. The second kappa shape index (κ2) is 8.35. The SMILES string of the molecule is CC(C)n1ncc2c(C(=O)Nc3c(F)cccc3N3CCCC3)cc(-c3cccs3)nc21. The van der Waals surface area contributed by atoms with Crippen LogP contribution in [0.5, 0.6) is 0 Å². The molecule has 8 heteroatoms. The molecule has 1 aliphatic heterocycles. The van der Waals surface area contributed by atoms with Gasteiger partial charge in [-0.15, -0.1) is 11.3 Å². The van der Waals surface area contributed by atoms with Crippen LogP contribution in [0.25, 0.3) is 21.6 Å². The summed E-state index contributed by atoms with van der Waals surface area (Å²) in [6.45, 7) is 5.76. The zero-order valence-electron chi connectivity index (χ0n) is 18.0. The maximum atomic E-state index is 14.8. The summed E-state index contributed by atoms with van der Waals surface area (Å²) in [4.78, 5) is 21.4. The molecule has 1 aliphatic rings. The average Bonchev–Trinajstić information content (AvgIpc) is 3.55. The fourth-order valence-electron chi connectivity index (χ4n) is 4.17. The number of anilines is 2. The highest BCUT2D eigenvalue weighted by atomic mass is 32.1. The van der Waals surface area contributed by atoms with Crippen LogP contribution in [0.15, 0.2) is 48.0 Å². The molecule has 4 heterocycles. The van der Waals surface area contributed by atoms with E-state index in [1.165, 1.54) is 6.07 Å². The minimum Gasteiger partial charge on any atom is -0.370 e. The lowest BCUT2D eigenvalue weighted by Gasteiger charge is -2.22. The summed E-state index contributed by atoms with van der Waals surface area (Å²) in [5.41, 5.74) is 2.72. The molecule has 1 saturated heterocycles. The molecule has 6 nitrogen and oxygen atoms in total. The van der Waals surface area contributed by atoms with Gasteiger partial charge >= 0.3 is 0 Å². The molecule has 0 radical (unpaired) electrons. The van der Waals surface area contributed by atoms with Crippen molar-refractivity contribution in [2.45, 2.75) is 32.7 Å². The van der Waals surface area contributed by atoms with Gasteiger partial charge in [0, 0.05) is 19.1 Å². The summed E-state index contributed by atoms with van der Waals surface area (Å²) >= 11 is 1.56. The third-order valence-electron chi connectivity index (χ3n) is 5.75. The van der Waals surface area contributed by atoms with Crippen molar-refractivity contribution in [1.82, 2.24) is 14.8 Å². The number of fused-ring (bicyclic) bond motifs is 1. The predicted molar refractivity (Wildman–Crippen MR) is 127 cm³/mol. The van der Waals surface area contributed by atoms with Crippen LogP contribution < -0.4 is 10.2 Å². The van der Waals surface area contributed by atoms with E-state index in [4.69, 9.17) is 4.98 Å². The minimum atomic E-state index is -0.440. The van der Waals surface area contributed by atoms with Crippen LogP contribution in [0, 0.1) is 5.82 Å². The van der Waals surface area contributed by atoms with Gasteiger partial charge in [-0.05, 0) is 56.3 Å². The summed E-state index contributed by atoms with van der Waals surface area (Å²) < 4.78 is 16.6. The Hall–Kier alpha value is -3.26. The van der Waals surface area contributed by atoms with Crippen LogP contribution in [0.2, 0.25) is 0 Å². The van der Waals surface area contributed by atoms with Crippen LogP contribution in [-0.4, -0.2) is 33.8 Å². The summed E-state index contributed by atoms with van der Waals surface area (Å²) in [5, 5.41) is 9.94. The van der Waals surface area contributed by atoms with Crippen molar-refractivity contribution in [1.29, 1.82) is 0 Å². The van der Waals surface area contributed by atoms with Crippen molar-refractivity contribution in [3.05, 3.63) is 59.4 Å². The standard InChI is InChI=1S/C24H24FN5OS/c1-15(2)30-23-17(14-26-30)16(13-19(27-23)21-9-6-12-32-21)24(31)28-22-18(25)7-5-8-20(22)29-10-3-4-11-29/h5-9,12-15H,3-4,10-11H2,1-2H3,(H,28,31). The Morgan fingerprint density at radius 1 is 1.19 bits per heavy atom. The molecule has 0 saturated carbocycles. The smallest absolute Gasteiger partial charge is 0.256 e. The van der Waals surface area contributed by atoms with Crippen molar-refractivity contribution in [3.63, 3.8) is 0 Å². The van der Waals surface area contributed by atoms with Crippen LogP contribution in [0.1, 0.15) is 43.1 Å². The van der Waals surface area contributed by atoms with Crippen LogP contribution in [0.4, 0.5) is 15.8 Å². The normalized spacial score (nSPS) is 13.9. The molecule has 1 fully saturated rings. The van der Waals surface area contributed by atoms with Gasteiger partial charge in [-0.1, -0.05) is 12.1 Å². The fraction of sp³-hybridized carbons (Fsp3) is 0.292. The molecule has 0 unspecified atom stereocenters. The Kier molecular flexibility index (Phi) is 5.38. The Morgan fingerprint density at radius 2 is 2.00 bits per heavy atom. The predicted octanol–water partition coefficient (Wildman–Crippen LogP) is 5.73. The highest BCUT2D eigenvalue weighted by Crippen LogP contribution is 2.33. The maximum Gasteiger partial charge on any atom is 0.256 e. The van der Waals surface area contributed by atoms with Gasteiger partial charge in [0.15, 0.2) is 5.65 Å². The zero-order valence-corrected chi connectivity index (χ0v) is 18.8. The van der Waals surface area contributed by atoms with Crippen molar-refractivity contribution in [2.75, 3.05) is 23.3 Å². The first-order valence-corrected chi connectivity index (χ1v) is 11.7. The third kappa shape index (κ3) is 3.64. The zero-order chi connectivity index (χ0) is 22.2. The van der Waals surface area contributed by atoms with Crippen molar-refractivity contribution < 1.29 is 9.18 Å². The molecule has 1 aromatic carbocycles. The summed E-state index contributed by atoms with van der Waals surface area (Å²) in [6.07, 6.45) is 3.79. The molecule has 0 spiro atoms. The molecule has 0 atom stereocenters. The van der Waals surface area contributed by atoms with E-state index in [1.54, 1.807) is 29.7 Å². The number of nitrogens with one attached hydrogen (secondary N) is 1. The minimum absolute atomic E-state index is 0.0860. The van der Waals surface area contributed by atoms with E-state index in [2.05, 4.69) is 15.3 Å². The largest absolute Gasteiger partial charge is 0.370 e. The first-order valence-electron chi connectivity index (χ1n) is 10.8. The Labute approximate surface area is 189 Å². The molecule has 164 valence electrons. The number of amides is 1. The molecular formula is C24H24FN5OS. The number of rotatable bonds is 5. The number of aromatic nitrogens is 3. The van der Waals surface area contributed by atoms with E-state index in [0.717, 1.165) is 36.5 Å². The number of para-hydroxylation sites is 1. The van der Waals surface area contributed by atoms with Gasteiger partial charge in [-0.2, -0.15) is 5.10 Å². The number of carbonyl (C=O) groups is 1. The average molecular weight is 450 g/mol. The van der Waals surface area contributed by atoms with Crippen molar-refractivity contribution >= 4 is 39.7 Å². The highest BCUT2D eigenvalue weighted by Gasteiger charge is 2.23. The number of carbonyl (C=O) groups excluding carboxylic acids is 1. The van der Waals surface area contributed by atoms with Crippen LogP contribution in [0.3, 0.4) is 0 Å². The Morgan fingerprint density at radius 3 is 2.72 bits per heavy atom. The third-order valence-corrected chi connectivity index (χ3v) is 6.64. The van der Waals surface area contributed by atoms with E-state index in [9.17, 15) is 9.18 Å². The van der Waals surface area contributed by atoms with E-state index in [1.807, 2.05) is 42.1 Å². The van der Waals surface area contributed by atoms with E-state index in [0.29, 0.717) is 22.3 Å². The van der Waals surface area contributed by atoms with E-state index >= 15 is 0 Å². The number of thiophene rings is 1. The monoisotopic (exact) mass is 449 g/mol. The second-order valence-electron chi connectivity index (χ2n) is 8.23. The Balaban J connectivity index is 1.60. The number of hydrogen-bond donors (Lipinski definition) is 1. The van der Waals surface area contributed by atoms with Gasteiger partial charge in [0.2, 0.25) is 0 Å². The number of benzene rings is 1. The maximum absolute atomic E-state index is 14.8. The summed E-state index contributed by atoms with van der Waals surface area (Å²) in [6, 6.07) is 10.7. The lowest BCUT2D eigenvalue weighted by Crippen LogP contribution is -2.22.